The van der Waals surface area contributed by atoms with E-state index in [2.05, 4.69) is 9.88 Å². The molecular weight excluding hydrogens is 454 g/mol. The monoisotopic (exact) mass is 493 g/mol. The number of hydrogen-bond acceptors (Lipinski definition) is 6. The first-order chi connectivity index (χ1) is 17.6. The molecule has 2 aliphatic carbocycles. The molecule has 194 valence electrons. The van der Waals surface area contributed by atoms with E-state index in [-0.39, 0.29) is 23.7 Å². The molecule has 4 bridgehead atoms. The highest BCUT2D eigenvalue weighted by Crippen LogP contribution is 2.44. The molecule has 7 nitrogen and oxygen atoms in total. The van der Waals surface area contributed by atoms with Crippen LogP contribution in [0.3, 0.4) is 0 Å². The first kappa shape index (κ1) is 24.1. The van der Waals surface area contributed by atoms with Crippen molar-refractivity contribution in [3.63, 3.8) is 0 Å². The van der Waals surface area contributed by atoms with Gasteiger partial charge in [-0.15, -0.1) is 0 Å². The number of hydrogen-bond donors (Lipinski definition) is 0. The van der Waals surface area contributed by atoms with Gasteiger partial charge in [-0.05, 0) is 63.0 Å². The fourth-order valence-corrected chi connectivity index (χ4v) is 7.86. The number of carbonyl (C=O) groups excluding carboxylic acids is 1. The first-order valence-corrected chi connectivity index (χ1v) is 14.1. The summed E-state index contributed by atoms with van der Waals surface area (Å²) in [6.45, 7) is 3.56. The molecule has 0 spiro atoms. The largest absolute Gasteiger partial charge is 0.466 e. The van der Waals surface area contributed by atoms with Crippen molar-refractivity contribution < 1.29 is 14.3 Å². The zero-order chi connectivity index (χ0) is 24.6. The second-order valence-electron chi connectivity index (χ2n) is 11.5. The summed E-state index contributed by atoms with van der Waals surface area (Å²) in [6, 6.07) is 9.22. The third-order valence-electron chi connectivity index (χ3n) is 9.17. The second kappa shape index (κ2) is 10.3. The molecule has 3 heterocycles. The highest BCUT2D eigenvalue weighted by atomic mass is 16.5. The molecule has 2 aromatic rings. The van der Waals surface area contributed by atoms with Crippen LogP contribution in [0.4, 0.5) is 0 Å². The number of aromatic nitrogens is 2. The van der Waals surface area contributed by atoms with Gasteiger partial charge in [0.2, 0.25) is 0 Å². The number of benzene rings is 1. The minimum atomic E-state index is -0.400. The van der Waals surface area contributed by atoms with Crippen molar-refractivity contribution in [2.75, 3.05) is 19.8 Å². The zero-order valence-electron chi connectivity index (χ0n) is 21.4. The number of esters is 1. The molecule has 1 aromatic heterocycles. The van der Waals surface area contributed by atoms with Gasteiger partial charge in [-0.25, -0.2) is 4.98 Å². The molecule has 0 radical (unpaired) electrons. The molecule has 0 N–H and O–H groups in total. The normalized spacial score (nSPS) is 32.7. The average Bonchev–Trinajstić information content (AvgIpc) is 3.03. The Bertz CT molecular complexity index is 1130. The van der Waals surface area contributed by atoms with E-state index in [0.29, 0.717) is 24.7 Å². The maximum absolute atomic E-state index is 13.7. The number of fused-ring (bicyclic) bond motifs is 5. The fourth-order valence-electron chi connectivity index (χ4n) is 7.86. The average molecular weight is 494 g/mol. The Morgan fingerprint density at radius 3 is 2.36 bits per heavy atom. The van der Waals surface area contributed by atoms with E-state index >= 15 is 0 Å². The van der Waals surface area contributed by atoms with E-state index in [1.807, 2.05) is 28.8 Å². The lowest BCUT2D eigenvalue weighted by molar-refractivity contribution is -0.142. The molecule has 7 heteroatoms. The molecule has 4 fully saturated rings. The van der Waals surface area contributed by atoms with Crippen molar-refractivity contribution >= 4 is 17.0 Å². The predicted molar refractivity (Wildman–Crippen MR) is 138 cm³/mol. The van der Waals surface area contributed by atoms with Crippen LogP contribution in [-0.2, 0) is 20.7 Å². The van der Waals surface area contributed by atoms with Crippen LogP contribution in [0.5, 0.6) is 0 Å². The van der Waals surface area contributed by atoms with Crippen molar-refractivity contribution in [2.24, 2.45) is 11.8 Å². The number of ether oxygens (including phenoxy) is 2. The molecule has 36 heavy (non-hydrogen) atoms. The molecule has 2 unspecified atom stereocenters. The zero-order valence-corrected chi connectivity index (χ0v) is 21.4. The van der Waals surface area contributed by atoms with Gasteiger partial charge in [-0.2, -0.15) is 0 Å². The van der Waals surface area contributed by atoms with Crippen LogP contribution in [0.15, 0.2) is 29.1 Å². The Labute approximate surface area is 213 Å². The lowest BCUT2D eigenvalue weighted by Crippen LogP contribution is -2.62. The second-order valence-corrected chi connectivity index (χ2v) is 11.5. The maximum Gasteiger partial charge on any atom is 0.312 e. The smallest absolute Gasteiger partial charge is 0.312 e. The van der Waals surface area contributed by atoms with Gasteiger partial charge in [0.1, 0.15) is 5.69 Å². The lowest BCUT2D eigenvalue weighted by atomic mass is 9.75. The van der Waals surface area contributed by atoms with Gasteiger partial charge < -0.3 is 14.0 Å². The molecule has 6 rings (SSSR count). The van der Waals surface area contributed by atoms with Crippen LogP contribution < -0.4 is 5.56 Å². The molecular formula is C29H39N3O4. The highest BCUT2D eigenvalue weighted by Gasteiger charge is 2.45. The third kappa shape index (κ3) is 4.60. The van der Waals surface area contributed by atoms with Crippen LogP contribution in [0.25, 0.3) is 11.0 Å². The van der Waals surface area contributed by atoms with Gasteiger partial charge in [-0.1, -0.05) is 37.8 Å². The first-order valence-electron chi connectivity index (χ1n) is 14.1. The highest BCUT2D eigenvalue weighted by molar-refractivity contribution is 5.77. The van der Waals surface area contributed by atoms with E-state index in [1.54, 1.807) is 6.92 Å². The molecule has 0 amide bonds. The molecule has 2 saturated heterocycles. The summed E-state index contributed by atoms with van der Waals surface area (Å²) < 4.78 is 13.2. The summed E-state index contributed by atoms with van der Waals surface area (Å²) in [5, 5.41) is 0. The van der Waals surface area contributed by atoms with E-state index in [9.17, 15) is 9.59 Å². The number of carbonyl (C=O) groups is 1. The van der Waals surface area contributed by atoms with Crippen molar-refractivity contribution in [3.05, 3.63) is 40.3 Å². The quantitative estimate of drug-likeness (QED) is 0.580. The summed E-state index contributed by atoms with van der Waals surface area (Å²) in [6.07, 6.45) is 11.4. The predicted octanol–water partition coefficient (Wildman–Crippen LogP) is 4.27. The van der Waals surface area contributed by atoms with E-state index < -0.39 is 5.97 Å². The minimum absolute atomic E-state index is 0.0763. The van der Waals surface area contributed by atoms with Crippen LogP contribution in [-0.4, -0.2) is 58.4 Å². The van der Waals surface area contributed by atoms with Gasteiger partial charge >= 0.3 is 5.97 Å². The number of rotatable bonds is 5. The third-order valence-corrected chi connectivity index (χ3v) is 9.17. The van der Waals surface area contributed by atoms with Crippen molar-refractivity contribution in [1.82, 2.24) is 14.5 Å². The van der Waals surface area contributed by atoms with E-state index in [4.69, 9.17) is 9.47 Å². The maximum atomic E-state index is 13.7. The summed E-state index contributed by atoms with van der Waals surface area (Å²) in [4.78, 5) is 33.4. The Hall–Kier alpha value is -2.25. The fraction of sp³-hybridized carbons (Fsp3) is 0.690. The van der Waals surface area contributed by atoms with Gasteiger partial charge in [-0.3, -0.25) is 14.5 Å². The number of nitrogens with zero attached hydrogens (tertiary/aromatic N) is 3. The van der Waals surface area contributed by atoms with Crippen LogP contribution in [0, 0.1) is 11.8 Å². The molecule has 2 saturated carbocycles. The Balaban J connectivity index is 1.31. The number of para-hydroxylation sites is 2. The molecule has 4 atom stereocenters. The summed E-state index contributed by atoms with van der Waals surface area (Å²) >= 11 is 0. The van der Waals surface area contributed by atoms with Crippen molar-refractivity contribution in [2.45, 2.75) is 95.3 Å². The molecule has 4 aliphatic rings. The summed E-state index contributed by atoms with van der Waals surface area (Å²) in [7, 11) is 0. The Kier molecular flexibility index (Phi) is 6.86. The molecule has 2 aliphatic heterocycles. The van der Waals surface area contributed by atoms with E-state index in [1.165, 1.54) is 44.9 Å². The minimum Gasteiger partial charge on any atom is -0.466 e. The van der Waals surface area contributed by atoms with Gasteiger partial charge in [0.15, 0.2) is 0 Å². The summed E-state index contributed by atoms with van der Waals surface area (Å²) in [5.41, 5.74) is 1.75. The van der Waals surface area contributed by atoms with Crippen LogP contribution >= 0.6 is 0 Å². The topological polar surface area (TPSA) is 73.7 Å². The number of piperidine rings is 1. The summed E-state index contributed by atoms with van der Waals surface area (Å²) in [5.74, 6) is 1.36. The van der Waals surface area contributed by atoms with Crippen LogP contribution in [0.1, 0.15) is 76.4 Å². The van der Waals surface area contributed by atoms with Crippen molar-refractivity contribution in [1.29, 1.82) is 0 Å². The van der Waals surface area contributed by atoms with E-state index in [0.717, 1.165) is 48.9 Å². The van der Waals surface area contributed by atoms with Gasteiger partial charge in [0, 0.05) is 24.2 Å². The number of morpholine rings is 1. The Morgan fingerprint density at radius 2 is 1.67 bits per heavy atom. The standard InChI is InChI=1S/C29H39N3O4/c1-2-36-28(33)16-26-29(34)32(27-10-6-5-9-25(27)30-26)22-14-23-17-35-18-24(15-22)31(23)21-12-19-7-3-4-8-20(11-19)13-21/h5-6,9-10,19-24H,2-4,7-8,11-18H2,1H3/t19?,20?,21?,23-,24-/m0/s1. The van der Waals surface area contributed by atoms with Gasteiger partial charge in [0.25, 0.3) is 5.56 Å². The van der Waals surface area contributed by atoms with Gasteiger partial charge in [0.05, 0.1) is 37.3 Å². The van der Waals surface area contributed by atoms with Crippen molar-refractivity contribution in [3.8, 4) is 0 Å². The van der Waals surface area contributed by atoms with Crippen LogP contribution in [0.2, 0.25) is 0 Å². The molecule has 1 aromatic carbocycles. The lowest BCUT2D eigenvalue weighted by Gasteiger charge is -2.54. The Morgan fingerprint density at radius 1 is 0.972 bits per heavy atom. The SMILES string of the molecule is CCOC(=O)Cc1nc2ccccc2n(C2C[C@H]3COC[C@H](C2)N3C2CC3CCCCC(C3)C2)c1=O.